The van der Waals surface area contributed by atoms with Gasteiger partial charge in [0.15, 0.2) is 5.82 Å². The zero-order valence-corrected chi connectivity index (χ0v) is 10.2. The maximum absolute atomic E-state index is 5.29. The van der Waals surface area contributed by atoms with Gasteiger partial charge in [-0.15, -0.1) is 0 Å². The van der Waals surface area contributed by atoms with Gasteiger partial charge in [0.25, 0.3) is 5.89 Å². The summed E-state index contributed by atoms with van der Waals surface area (Å²) in [5.41, 5.74) is 1.14. The van der Waals surface area contributed by atoms with Gasteiger partial charge in [0, 0.05) is 24.6 Å². The first-order valence-corrected chi connectivity index (χ1v) is 5.96. The average molecular weight is 221 g/mol. The van der Waals surface area contributed by atoms with Crippen LogP contribution in [0.4, 0.5) is 0 Å². The Morgan fingerprint density at radius 2 is 2.38 bits per heavy atom. The van der Waals surface area contributed by atoms with Crippen LogP contribution in [-0.2, 0) is 0 Å². The van der Waals surface area contributed by atoms with Gasteiger partial charge in [-0.2, -0.15) is 4.98 Å². The van der Waals surface area contributed by atoms with Gasteiger partial charge in [-0.05, 0) is 12.3 Å². The zero-order valence-electron chi connectivity index (χ0n) is 10.2. The predicted octanol–water partition coefficient (Wildman–Crippen LogP) is 2.21. The van der Waals surface area contributed by atoms with Gasteiger partial charge in [-0.25, -0.2) is 0 Å². The Morgan fingerprint density at radius 1 is 1.56 bits per heavy atom. The molecule has 0 aliphatic carbocycles. The van der Waals surface area contributed by atoms with Crippen molar-refractivity contribution >= 4 is 5.57 Å². The van der Waals surface area contributed by atoms with E-state index in [2.05, 4.69) is 42.3 Å². The molecule has 0 saturated heterocycles. The highest BCUT2D eigenvalue weighted by Gasteiger charge is 2.18. The molecule has 1 atom stereocenters. The molecule has 16 heavy (non-hydrogen) atoms. The van der Waals surface area contributed by atoms with E-state index in [1.807, 2.05) is 0 Å². The number of rotatable bonds is 3. The lowest BCUT2D eigenvalue weighted by Gasteiger charge is -2.18. The molecule has 0 radical (unpaired) electrons. The molecule has 1 N–H and O–H groups in total. The van der Waals surface area contributed by atoms with Crippen molar-refractivity contribution in [2.24, 2.45) is 5.92 Å². The van der Waals surface area contributed by atoms with Gasteiger partial charge < -0.3 is 9.84 Å². The van der Waals surface area contributed by atoms with Crippen molar-refractivity contribution < 1.29 is 4.52 Å². The fourth-order valence-electron chi connectivity index (χ4n) is 1.80. The van der Waals surface area contributed by atoms with Crippen molar-refractivity contribution in [1.82, 2.24) is 15.5 Å². The molecule has 0 spiro atoms. The molecule has 2 rings (SSSR count). The van der Waals surface area contributed by atoms with Crippen molar-refractivity contribution in [3.63, 3.8) is 0 Å². The molecule has 1 aromatic rings. The Labute approximate surface area is 96.1 Å². The van der Waals surface area contributed by atoms with Crippen LogP contribution in [0.3, 0.4) is 0 Å². The van der Waals surface area contributed by atoms with Crippen LogP contribution >= 0.6 is 0 Å². The van der Waals surface area contributed by atoms with Crippen molar-refractivity contribution in [2.45, 2.75) is 33.1 Å². The molecule has 2 heterocycles. The molecule has 4 nitrogen and oxygen atoms in total. The molecule has 1 aliphatic rings. The van der Waals surface area contributed by atoms with Crippen LogP contribution < -0.4 is 5.32 Å². The number of hydrogen-bond donors (Lipinski definition) is 1. The SMILES string of the molecule is CCC1C=C(c2nc(C(C)C)no2)CNC1. The number of nitrogens with zero attached hydrogens (tertiary/aromatic N) is 2. The Morgan fingerprint density at radius 3 is 3.00 bits per heavy atom. The van der Waals surface area contributed by atoms with Crippen LogP contribution in [0.2, 0.25) is 0 Å². The third-order valence-electron chi connectivity index (χ3n) is 2.92. The van der Waals surface area contributed by atoms with Gasteiger partial charge in [0.2, 0.25) is 0 Å². The maximum atomic E-state index is 5.29. The number of aromatic nitrogens is 2. The topological polar surface area (TPSA) is 51.0 Å². The van der Waals surface area contributed by atoms with Crippen LogP contribution in [0, 0.1) is 5.92 Å². The number of nitrogens with one attached hydrogen (secondary N) is 1. The minimum Gasteiger partial charge on any atom is -0.334 e. The lowest BCUT2D eigenvalue weighted by atomic mass is 9.99. The Hall–Kier alpha value is -1.16. The second kappa shape index (κ2) is 4.78. The molecule has 0 aromatic carbocycles. The Bertz CT molecular complexity index is 381. The van der Waals surface area contributed by atoms with E-state index in [4.69, 9.17) is 4.52 Å². The van der Waals surface area contributed by atoms with Gasteiger partial charge in [-0.3, -0.25) is 0 Å². The lowest BCUT2D eigenvalue weighted by Crippen LogP contribution is -2.28. The van der Waals surface area contributed by atoms with E-state index in [1.54, 1.807) is 0 Å². The summed E-state index contributed by atoms with van der Waals surface area (Å²) in [6.07, 6.45) is 3.40. The average Bonchev–Trinajstić information content (AvgIpc) is 2.78. The Balaban J connectivity index is 2.19. The highest BCUT2D eigenvalue weighted by molar-refractivity contribution is 5.61. The van der Waals surface area contributed by atoms with Crippen LogP contribution in [0.5, 0.6) is 0 Å². The van der Waals surface area contributed by atoms with Crippen LogP contribution in [0.15, 0.2) is 10.6 Å². The van der Waals surface area contributed by atoms with E-state index in [9.17, 15) is 0 Å². The molecule has 4 heteroatoms. The molecule has 0 saturated carbocycles. The normalized spacial score (nSPS) is 21.2. The minimum atomic E-state index is 0.316. The highest BCUT2D eigenvalue weighted by Crippen LogP contribution is 2.21. The van der Waals surface area contributed by atoms with E-state index in [1.165, 1.54) is 0 Å². The molecule has 88 valence electrons. The monoisotopic (exact) mass is 221 g/mol. The minimum absolute atomic E-state index is 0.316. The predicted molar refractivity (Wildman–Crippen MR) is 63.0 cm³/mol. The third-order valence-corrected chi connectivity index (χ3v) is 2.92. The van der Waals surface area contributed by atoms with Crippen molar-refractivity contribution in [2.75, 3.05) is 13.1 Å². The van der Waals surface area contributed by atoms with Crippen LogP contribution in [0.1, 0.15) is 44.8 Å². The summed E-state index contributed by atoms with van der Waals surface area (Å²) in [7, 11) is 0. The first-order chi connectivity index (χ1) is 7.70. The quantitative estimate of drug-likeness (QED) is 0.850. The van der Waals surface area contributed by atoms with E-state index >= 15 is 0 Å². The summed E-state index contributed by atoms with van der Waals surface area (Å²) >= 11 is 0. The molecular weight excluding hydrogens is 202 g/mol. The molecule has 1 unspecified atom stereocenters. The van der Waals surface area contributed by atoms with Crippen molar-refractivity contribution in [3.05, 3.63) is 17.8 Å². The summed E-state index contributed by atoms with van der Waals surface area (Å²) in [6, 6.07) is 0. The maximum Gasteiger partial charge on any atom is 0.254 e. The van der Waals surface area contributed by atoms with E-state index in [0.29, 0.717) is 17.7 Å². The molecular formula is C12H19N3O. The van der Waals surface area contributed by atoms with Gasteiger partial charge in [0.05, 0.1) is 0 Å². The smallest absolute Gasteiger partial charge is 0.254 e. The largest absolute Gasteiger partial charge is 0.334 e. The van der Waals surface area contributed by atoms with Gasteiger partial charge >= 0.3 is 0 Å². The molecule has 0 amide bonds. The van der Waals surface area contributed by atoms with Gasteiger partial charge in [-0.1, -0.05) is 32.0 Å². The first kappa shape index (κ1) is 11.3. The Kier molecular flexibility index (Phi) is 3.39. The van der Waals surface area contributed by atoms with E-state index < -0.39 is 0 Å². The fraction of sp³-hybridized carbons (Fsp3) is 0.667. The molecule has 0 bridgehead atoms. The van der Waals surface area contributed by atoms with Gasteiger partial charge in [0.1, 0.15) is 0 Å². The van der Waals surface area contributed by atoms with Crippen molar-refractivity contribution in [1.29, 1.82) is 0 Å². The highest BCUT2D eigenvalue weighted by atomic mass is 16.5. The van der Waals surface area contributed by atoms with Crippen LogP contribution in [0.25, 0.3) is 5.57 Å². The molecule has 1 aromatic heterocycles. The fourth-order valence-corrected chi connectivity index (χ4v) is 1.80. The standard InChI is InChI=1S/C12H19N3O/c1-4-9-5-10(7-13-6-9)12-14-11(8(2)3)15-16-12/h5,8-9,13H,4,6-7H2,1-3H3. The lowest BCUT2D eigenvalue weighted by molar-refractivity contribution is 0.394. The van der Waals surface area contributed by atoms with E-state index in [-0.39, 0.29) is 0 Å². The second-order valence-electron chi connectivity index (χ2n) is 4.60. The zero-order chi connectivity index (χ0) is 11.5. The first-order valence-electron chi connectivity index (χ1n) is 5.96. The molecule has 1 aliphatic heterocycles. The van der Waals surface area contributed by atoms with Crippen LogP contribution in [-0.4, -0.2) is 23.2 Å². The third kappa shape index (κ3) is 2.32. The van der Waals surface area contributed by atoms with E-state index in [0.717, 1.165) is 30.9 Å². The summed E-state index contributed by atoms with van der Waals surface area (Å²) in [4.78, 5) is 4.42. The summed E-state index contributed by atoms with van der Waals surface area (Å²) in [6.45, 7) is 8.20. The summed E-state index contributed by atoms with van der Waals surface area (Å²) in [5, 5.41) is 7.36. The van der Waals surface area contributed by atoms with Crippen molar-refractivity contribution in [3.8, 4) is 0 Å². The summed E-state index contributed by atoms with van der Waals surface area (Å²) in [5.74, 6) is 2.36. The summed E-state index contributed by atoms with van der Waals surface area (Å²) < 4.78 is 5.29. The second-order valence-corrected chi connectivity index (χ2v) is 4.60. The number of hydrogen-bond acceptors (Lipinski definition) is 4. The molecule has 0 fully saturated rings.